The fourth-order valence-corrected chi connectivity index (χ4v) is 9.54. The molecular formula is C41H43FN4O8S2. The lowest BCUT2D eigenvalue weighted by atomic mass is 10.1. The molecular weight excluding hydrogens is 760 g/mol. The largest absolute Gasteiger partial charge is 0.492 e. The monoisotopic (exact) mass is 802 g/mol. The van der Waals surface area contributed by atoms with Crippen molar-refractivity contribution in [3.63, 3.8) is 0 Å². The number of hydrogen-bond donors (Lipinski definition) is 0. The van der Waals surface area contributed by atoms with E-state index in [4.69, 9.17) is 14.2 Å². The third-order valence-electron chi connectivity index (χ3n) is 9.48. The Balaban J connectivity index is 0.000000173. The van der Waals surface area contributed by atoms with E-state index in [0.717, 1.165) is 27.6 Å². The first-order valence-corrected chi connectivity index (χ1v) is 21.0. The lowest BCUT2D eigenvalue weighted by Gasteiger charge is -2.26. The lowest BCUT2D eigenvalue weighted by molar-refractivity contribution is 0.0226. The number of amides is 1. The summed E-state index contributed by atoms with van der Waals surface area (Å²) in [6.45, 7) is 8.03. The van der Waals surface area contributed by atoms with E-state index in [2.05, 4.69) is 0 Å². The molecule has 0 unspecified atom stereocenters. The third-order valence-corrected chi connectivity index (χ3v) is 12.9. The Labute approximate surface area is 325 Å². The van der Waals surface area contributed by atoms with Gasteiger partial charge in [-0.1, -0.05) is 36.4 Å². The van der Waals surface area contributed by atoms with E-state index in [-0.39, 0.29) is 16.3 Å². The minimum Gasteiger partial charge on any atom is -0.492 e. The molecule has 8 rings (SSSR count). The summed E-state index contributed by atoms with van der Waals surface area (Å²) in [7, 11) is -7.42. The standard InChI is InChI=1S/C22H24N2O5S.C19H19FN2O3S/c1-22(2,3)29-21(25)23-13-14-28-20-10-9-19-17(18(20)15-23)11-12-24(19)30(26,27)16-7-5-4-6-8-16;20-9-11-21-12-13-25-19-7-6-18-16(17(19)14-21)8-10-22(18)26(23,24)15-4-2-1-3-5-15/h4-12H,13-15H2,1-3H3;1-8,10H,9,11-14H2. The molecule has 2 aliphatic rings. The van der Waals surface area contributed by atoms with Crippen LogP contribution in [0.2, 0.25) is 0 Å². The number of ether oxygens (including phenoxy) is 3. The van der Waals surface area contributed by atoms with Gasteiger partial charge < -0.3 is 19.1 Å². The SMILES string of the molecule is CC(C)(C)OC(=O)N1CCOc2ccc3c(ccn3S(=O)(=O)c3ccccc3)c2C1.O=S(=O)(c1ccccc1)n1ccc2c3c(ccc21)OCCN(CCF)C3. The van der Waals surface area contributed by atoms with E-state index in [0.29, 0.717) is 56.2 Å². The van der Waals surface area contributed by atoms with Crippen molar-refractivity contribution in [1.82, 2.24) is 17.7 Å². The summed E-state index contributed by atoms with van der Waals surface area (Å²) in [5.41, 5.74) is 2.19. The van der Waals surface area contributed by atoms with Crippen LogP contribution in [0.25, 0.3) is 21.8 Å². The molecule has 0 saturated carbocycles. The van der Waals surface area contributed by atoms with Gasteiger partial charge in [0.1, 0.15) is 37.0 Å². The summed E-state index contributed by atoms with van der Waals surface area (Å²) >= 11 is 0. The molecule has 0 aliphatic carbocycles. The molecule has 0 fully saturated rings. The maximum absolute atomic E-state index is 13.1. The summed E-state index contributed by atoms with van der Waals surface area (Å²) in [4.78, 5) is 16.6. The first-order valence-electron chi connectivity index (χ1n) is 18.2. The van der Waals surface area contributed by atoms with Crippen molar-refractivity contribution in [2.24, 2.45) is 0 Å². The maximum Gasteiger partial charge on any atom is 0.410 e. The fourth-order valence-electron chi connectivity index (χ4n) is 6.81. The molecule has 0 bridgehead atoms. The van der Waals surface area contributed by atoms with Crippen LogP contribution in [-0.2, 0) is 37.9 Å². The topological polar surface area (TPSA) is 129 Å². The van der Waals surface area contributed by atoms with Gasteiger partial charge in [0, 0.05) is 53.9 Å². The molecule has 0 saturated heterocycles. The molecule has 0 atom stereocenters. The maximum atomic E-state index is 13.1. The van der Waals surface area contributed by atoms with Crippen LogP contribution in [0, 0.1) is 0 Å². The van der Waals surface area contributed by atoms with Crippen LogP contribution < -0.4 is 9.47 Å². The Morgan fingerprint density at radius 2 is 1.16 bits per heavy atom. The molecule has 0 radical (unpaired) electrons. The van der Waals surface area contributed by atoms with E-state index in [1.807, 2.05) is 25.7 Å². The molecule has 6 aromatic rings. The molecule has 12 nitrogen and oxygen atoms in total. The zero-order valence-corrected chi connectivity index (χ0v) is 32.9. The van der Waals surface area contributed by atoms with Gasteiger partial charge in [0.15, 0.2) is 0 Å². The number of rotatable bonds is 6. The molecule has 2 aromatic heterocycles. The second-order valence-corrected chi connectivity index (χ2v) is 18.0. The first kappa shape index (κ1) is 38.9. The van der Waals surface area contributed by atoms with Gasteiger partial charge in [0.2, 0.25) is 0 Å². The summed E-state index contributed by atoms with van der Waals surface area (Å²) in [5, 5.41) is 1.54. The predicted molar refractivity (Wildman–Crippen MR) is 211 cm³/mol. The molecule has 4 heterocycles. The summed E-state index contributed by atoms with van der Waals surface area (Å²) in [5.74, 6) is 1.37. The van der Waals surface area contributed by atoms with Crippen molar-refractivity contribution in [2.45, 2.75) is 49.3 Å². The van der Waals surface area contributed by atoms with Gasteiger partial charge >= 0.3 is 6.09 Å². The van der Waals surface area contributed by atoms with Gasteiger partial charge in [0.05, 0.1) is 33.9 Å². The Kier molecular flexibility index (Phi) is 10.9. The van der Waals surface area contributed by atoms with Crippen molar-refractivity contribution >= 4 is 47.9 Å². The second-order valence-electron chi connectivity index (χ2n) is 14.4. The van der Waals surface area contributed by atoms with E-state index >= 15 is 0 Å². The van der Waals surface area contributed by atoms with Crippen LogP contribution in [0.5, 0.6) is 11.5 Å². The molecule has 4 aromatic carbocycles. The van der Waals surface area contributed by atoms with Gasteiger partial charge in [-0.25, -0.2) is 34.0 Å². The Morgan fingerprint density at radius 3 is 1.64 bits per heavy atom. The fraction of sp³-hybridized carbons (Fsp3) is 0.293. The average Bonchev–Trinajstić information content (AvgIpc) is 3.69. The van der Waals surface area contributed by atoms with Crippen molar-refractivity contribution in [2.75, 3.05) is 39.5 Å². The second kappa shape index (κ2) is 15.6. The van der Waals surface area contributed by atoms with E-state index in [1.54, 1.807) is 108 Å². The van der Waals surface area contributed by atoms with E-state index in [9.17, 15) is 26.0 Å². The average molecular weight is 803 g/mol. The Hall–Kier alpha value is -5.38. The van der Waals surface area contributed by atoms with Crippen LogP contribution >= 0.6 is 0 Å². The lowest BCUT2D eigenvalue weighted by Crippen LogP contribution is -2.37. The van der Waals surface area contributed by atoms with Crippen molar-refractivity contribution in [1.29, 1.82) is 0 Å². The zero-order valence-electron chi connectivity index (χ0n) is 31.3. The molecule has 0 N–H and O–H groups in total. The summed E-state index contributed by atoms with van der Waals surface area (Å²) in [6.07, 6.45) is 2.68. The van der Waals surface area contributed by atoms with Gasteiger partial charge in [-0.3, -0.25) is 4.90 Å². The number of nitrogens with zero attached hydrogens (tertiary/aromatic N) is 4. The molecule has 294 valence electrons. The molecule has 56 heavy (non-hydrogen) atoms. The number of fused-ring (bicyclic) bond motifs is 6. The number of halogens is 1. The minimum atomic E-state index is -3.74. The minimum absolute atomic E-state index is 0.212. The first-order chi connectivity index (χ1) is 26.8. The molecule has 15 heteroatoms. The number of alkyl halides is 1. The van der Waals surface area contributed by atoms with Crippen LogP contribution in [0.15, 0.2) is 119 Å². The highest BCUT2D eigenvalue weighted by atomic mass is 32.2. The number of carbonyl (C=O) groups excluding carboxylic acids is 1. The molecule has 1 amide bonds. The van der Waals surface area contributed by atoms with Crippen molar-refractivity contribution < 1.29 is 40.2 Å². The Morgan fingerprint density at radius 1 is 0.679 bits per heavy atom. The predicted octanol–water partition coefficient (Wildman–Crippen LogP) is 7.05. The van der Waals surface area contributed by atoms with Gasteiger partial charge in [0.25, 0.3) is 20.0 Å². The van der Waals surface area contributed by atoms with Gasteiger partial charge in [-0.15, -0.1) is 0 Å². The number of benzene rings is 4. The quantitative estimate of drug-likeness (QED) is 0.174. The zero-order chi connectivity index (χ0) is 39.7. The summed E-state index contributed by atoms with van der Waals surface area (Å²) < 4.78 is 84.7. The van der Waals surface area contributed by atoms with Crippen molar-refractivity contribution in [3.05, 3.63) is 121 Å². The van der Waals surface area contributed by atoms with Crippen LogP contribution in [0.4, 0.5) is 9.18 Å². The third kappa shape index (κ3) is 7.84. The van der Waals surface area contributed by atoms with Crippen molar-refractivity contribution in [3.8, 4) is 11.5 Å². The van der Waals surface area contributed by atoms with Crippen LogP contribution in [0.1, 0.15) is 31.9 Å². The molecule has 0 spiro atoms. The van der Waals surface area contributed by atoms with Crippen LogP contribution in [0.3, 0.4) is 0 Å². The highest BCUT2D eigenvalue weighted by molar-refractivity contribution is 7.90. The normalized spacial score (nSPS) is 15.0. The summed E-state index contributed by atoms with van der Waals surface area (Å²) in [6, 6.07) is 27.2. The Bertz CT molecular complexity index is 2590. The van der Waals surface area contributed by atoms with Gasteiger partial charge in [-0.05, 0) is 81.4 Å². The highest BCUT2D eigenvalue weighted by Gasteiger charge is 2.28. The van der Waals surface area contributed by atoms with Gasteiger partial charge in [-0.2, -0.15) is 0 Å². The molecule has 2 aliphatic heterocycles. The number of hydrogen-bond acceptors (Lipinski definition) is 9. The smallest absolute Gasteiger partial charge is 0.410 e. The van der Waals surface area contributed by atoms with Crippen LogP contribution in [-0.4, -0.2) is 85.8 Å². The van der Waals surface area contributed by atoms with E-state index in [1.165, 1.54) is 14.1 Å². The highest BCUT2D eigenvalue weighted by Crippen LogP contribution is 2.35. The number of carbonyl (C=O) groups is 1. The number of aromatic nitrogens is 2. The van der Waals surface area contributed by atoms with E-state index < -0.39 is 38.4 Å².